The van der Waals surface area contributed by atoms with E-state index in [9.17, 15) is 4.79 Å². The van der Waals surface area contributed by atoms with Gasteiger partial charge in [-0.1, -0.05) is 13.0 Å². The SMILES string of the molecule is C[C@@H]1CCN(C(=O)c2cccc(C#N)c2)CC1n1ccc2cnc3[nH]ccc3c21. The number of hydrogen-bond donors (Lipinski definition) is 1. The molecule has 1 aliphatic rings. The maximum Gasteiger partial charge on any atom is 0.253 e. The number of likely N-dealkylation sites (tertiary alicyclic amines) is 1. The van der Waals surface area contributed by atoms with Crippen LogP contribution in [0, 0.1) is 17.2 Å². The number of benzene rings is 1. The molecular weight excluding hydrogens is 362 g/mol. The molecule has 0 spiro atoms. The quantitative estimate of drug-likeness (QED) is 0.566. The molecule has 0 radical (unpaired) electrons. The van der Waals surface area contributed by atoms with Gasteiger partial charge in [0.15, 0.2) is 0 Å². The van der Waals surface area contributed by atoms with Gasteiger partial charge in [0.05, 0.1) is 23.2 Å². The molecule has 3 aromatic heterocycles. The van der Waals surface area contributed by atoms with Crippen molar-refractivity contribution in [2.75, 3.05) is 13.1 Å². The van der Waals surface area contributed by atoms with E-state index in [2.05, 4.69) is 45.9 Å². The van der Waals surface area contributed by atoms with Crippen LogP contribution in [0.5, 0.6) is 0 Å². The Kier molecular flexibility index (Phi) is 4.09. The molecule has 1 aliphatic heterocycles. The lowest BCUT2D eigenvalue weighted by Gasteiger charge is -2.38. The number of nitrogens with one attached hydrogen (secondary N) is 1. The molecule has 144 valence electrons. The van der Waals surface area contributed by atoms with E-state index in [-0.39, 0.29) is 11.9 Å². The van der Waals surface area contributed by atoms with Crippen LogP contribution in [0.1, 0.15) is 35.3 Å². The Labute approximate surface area is 168 Å². The molecule has 0 bridgehead atoms. The van der Waals surface area contributed by atoms with Crippen LogP contribution < -0.4 is 0 Å². The van der Waals surface area contributed by atoms with Crippen molar-refractivity contribution in [2.24, 2.45) is 5.92 Å². The predicted molar refractivity (Wildman–Crippen MR) is 111 cm³/mol. The fraction of sp³-hybridized carbons (Fsp3) is 0.261. The predicted octanol–water partition coefficient (Wildman–Crippen LogP) is 4.11. The van der Waals surface area contributed by atoms with Gasteiger partial charge in [0.25, 0.3) is 5.91 Å². The van der Waals surface area contributed by atoms with Gasteiger partial charge in [-0.2, -0.15) is 5.26 Å². The van der Waals surface area contributed by atoms with Gasteiger partial charge in [-0.05, 0) is 42.7 Å². The van der Waals surface area contributed by atoms with Gasteiger partial charge < -0.3 is 14.5 Å². The molecular formula is C23H21N5O. The Balaban J connectivity index is 1.51. The summed E-state index contributed by atoms with van der Waals surface area (Å²) in [5.41, 5.74) is 3.12. The topological polar surface area (TPSA) is 77.7 Å². The first-order valence-electron chi connectivity index (χ1n) is 9.88. The van der Waals surface area contributed by atoms with Gasteiger partial charge in [0, 0.05) is 48.0 Å². The first-order chi connectivity index (χ1) is 14.2. The minimum Gasteiger partial charge on any atom is -0.346 e. The van der Waals surface area contributed by atoms with E-state index in [0.29, 0.717) is 23.6 Å². The fourth-order valence-electron chi connectivity index (χ4n) is 4.43. The van der Waals surface area contributed by atoms with Crippen LogP contribution in [-0.2, 0) is 0 Å². The number of nitriles is 1. The highest BCUT2D eigenvalue weighted by Crippen LogP contribution is 2.34. The number of rotatable bonds is 2. The Morgan fingerprint density at radius 1 is 1.31 bits per heavy atom. The zero-order valence-electron chi connectivity index (χ0n) is 16.2. The second-order valence-corrected chi connectivity index (χ2v) is 7.80. The van der Waals surface area contributed by atoms with Crippen molar-refractivity contribution < 1.29 is 4.79 Å². The first-order valence-corrected chi connectivity index (χ1v) is 9.88. The van der Waals surface area contributed by atoms with E-state index in [0.717, 1.165) is 34.9 Å². The van der Waals surface area contributed by atoms with Crippen LogP contribution in [0.15, 0.2) is 55.0 Å². The van der Waals surface area contributed by atoms with Gasteiger partial charge in [-0.25, -0.2) is 4.98 Å². The van der Waals surface area contributed by atoms with Crippen LogP contribution in [0.2, 0.25) is 0 Å². The summed E-state index contributed by atoms with van der Waals surface area (Å²) in [4.78, 5) is 22.7. The molecule has 5 rings (SSSR count). The number of aromatic amines is 1. The third kappa shape index (κ3) is 2.87. The number of H-pyrrole nitrogens is 1. The van der Waals surface area contributed by atoms with Crippen molar-refractivity contribution in [1.82, 2.24) is 19.4 Å². The van der Waals surface area contributed by atoms with Gasteiger partial charge in [0.1, 0.15) is 5.65 Å². The minimum absolute atomic E-state index is 0.0103. The molecule has 4 heterocycles. The summed E-state index contributed by atoms with van der Waals surface area (Å²) in [7, 11) is 0. The second-order valence-electron chi connectivity index (χ2n) is 7.80. The van der Waals surface area contributed by atoms with Crippen LogP contribution in [0.4, 0.5) is 0 Å². The summed E-state index contributed by atoms with van der Waals surface area (Å²) in [6.07, 6.45) is 6.87. The van der Waals surface area contributed by atoms with Gasteiger partial charge in [-0.3, -0.25) is 4.79 Å². The summed E-state index contributed by atoms with van der Waals surface area (Å²) in [5, 5.41) is 11.3. The number of aromatic nitrogens is 3. The van der Waals surface area contributed by atoms with Gasteiger partial charge in [0.2, 0.25) is 0 Å². The van der Waals surface area contributed by atoms with E-state index in [1.807, 2.05) is 17.3 Å². The number of fused-ring (bicyclic) bond motifs is 3. The standard InChI is InChI=1S/C23H21N5O/c1-15-6-9-27(23(29)17-4-2-3-16(11-17)12-24)14-20(15)28-10-7-18-13-26-22-19(21(18)28)5-8-25-22/h2-5,7-8,10-11,13,15,20H,6,9,14H2,1H3,(H,25,26)/t15-,20?/m1/s1. The second kappa shape index (κ2) is 6.78. The van der Waals surface area contributed by atoms with Crippen LogP contribution in [0.3, 0.4) is 0 Å². The minimum atomic E-state index is -0.0103. The number of piperidine rings is 1. The monoisotopic (exact) mass is 383 g/mol. The normalized spacial score (nSPS) is 19.5. The molecule has 1 N–H and O–H groups in total. The Bertz CT molecular complexity index is 1260. The summed E-state index contributed by atoms with van der Waals surface area (Å²) >= 11 is 0. The summed E-state index contributed by atoms with van der Waals surface area (Å²) in [6, 6.07) is 13.4. The third-order valence-corrected chi connectivity index (χ3v) is 6.06. The summed E-state index contributed by atoms with van der Waals surface area (Å²) in [5.74, 6) is 0.436. The maximum absolute atomic E-state index is 13.1. The number of carbonyl (C=O) groups excluding carboxylic acids is 1. The Morgan fingerprint density at radius 2 is 2.21 bits per heavy atom. The molecule has 1 aromatic carbocycles. The molecule has 1 fully saturated rings. The maximum atomic E-state index is 13.1. The van der Waals surface area contributed by atoms with E-state index in [1.165, 1.54) is 0 Å². The number of nitrogens with zero attached hydrogens (tertiary/aromatic N) is 4. The fourth-order valence-corrected chi connectivity index (χ4v) is 4.43. The van der Waals surface area contributed by atoms with Crippen molar-refractivity contribution in [1.29, 1.82) is 5.26 Å². The van der Waals surface area contributed by atoms with Crippen molar-refractivity contribution in [3.05, 3.63) is 66.1 Å². The molecule has 29 heavy (non-hydrogen) atoms. The first kappa shape index (κ1) is 17.5. The average molecular weight is 383 g/mol. The molecule has 1 amide bonds. The van der Waals surface area contributed by atoms with Crippen molar-refractivity contribution in [3.8, 4) is 6.07 Å². The van der Waals surface area contributed by atoms with E-state index < -0.39 is 0 Å². The lowest BCUT2D eigenvalue weighted by Crippen LogP contribution is -2.43. The number of pyridine rings is 1. The van der Waals surface area contributed by atoms with Crippen molar-refractivity contribution in [3.63, 3.8) is 0 Å². The molecule has 4 aromatic rings. The third-order valence-electron chi connectivity index (χ3n) is 6.06. The van der Waals surface area contributed by atoms with Crippen LogP contribution in [0.25, 0.3) is 21.9 Å². The molecule has 0 saturated carbocycles. The Morgan fingerprint density at radius 3 is 3.07 bits per heavy atom. The van der Waals surface area contributed by atoms with Gasteiger partial charge in [-0.15, -0.1) is 0 Å². The van der Waals surface area contributed by atoms with Crippen molar-refractivity contribution >= 4 is 27.8 Å². The van der Waals surface area contributed by atoms with Crippen LogP contribution in [-0.4, -0.2) is 38.4 Å². The highest BCUT2D eigenvalue weighted by molar-refractivity contribution is 6.02. The molecule has 0 aliphatic carbocycles. The number of carbonyl (C=O) groups is 1. The molecule has 1 saturated heterocycles. The lowest BCUT2D eigenvalue weighted by atomic mass is 9.92. The van der Waals surface area contributed by atoms with Gasteiger partial charge >= 0.3 is 0 Å². The zero-order chi connectivity index (χ0) is 20.0. The highest BCUT2D eigenvalue weighted by atomic mass is 16.2. The summed E-state index contributed by atoms with van der Waals surface area (Å²) in [6.45, 7) is 3.63. The van der Waals surface area contributed by atoms with Crippen LogP contribution >= 0.6 is 0 Å². The largest absolute Gasteiger partial charge is 0.346 e. The molecule has 1 unspecified atom stereocenters. The summed E-state index contributed by atoms with van der Waals surface area (Å²) < 4.78 is 2.31. The molecule has 2 atom stereocenters. The average Bonchev–Trinajstić information content (AvgIpc) is 3.40. The van der Waals surface area contributed by atoms with Crippen molar-refractivity contribution in [2.45, 2.75) is 19.4 Å². The molecule has 6 heteroatoms. The number of amides is 1. The highest BCUT2D eigenvalue weighted by Gasteiger charge is 2.31. The van der Waals surface area contributed by atoms with E-state index >= 15 is 0 Å². The molecule has 6 nitrogen and oxygen atoms in total. The Hall–Kier alpha value is -3.59. The number of hydrogen-bond acceptors (Lipinski definition) is 3. The van der Waals surface area contributed by atoms with E-state index in [4.69, 9.17) is 5.26 Å². The van der Waals surface area contributed by atoms with E-state index in [1.54, 1.807) is 24.3 Å². The zero-order valence-corrected chi connectivity index (χ0v) is 16.2. The smallest absolute Gasteiger partial charge is 0.253 e. The lowest BCUT2D eigenvalue weighted by molar-refractivity contribution is 0.0625.